The molecule has 258 valence electrons. The van der Waals surface area contributed by atoms with Crippen LogP contribution in [0.1, 0.15) is 19.3 Å². The maximum Gasteiger partial charge on any atom is 0.500 e. The SMILES string of the molecule is CO[Si](CCCNC(=O)CCC(=O)Nc1cc(P(c2ccccc2)c2ccccc2)cc(P(c2ccccc2)c2ccccc2)c1)(OC)OC. The molecule has 0 atom stereocenters. The van der Waals surface area contributed by atoms with Gasteiger partial charge in [-0.2, -0.15) is 0 Å². The van der Waals surface area contributed by atoms with Crippen molar-refractivity contribution in [2.45, 2.75) is 25.3 Å². The number of hydrogen-bond donors (Lipinski definition) is 2. The van der Waals surface area contributed by atoms with Crippen LogP contribution in [0.2, 0.25) is 6.04 Å². The molecule has 0 saturated heterocycles. The van der Waals surface area contributed by atoms with Gasteiger partial charge in [0.2, 0.25) is 11.8 Å². The lowest BCUT2D eigenvalue weighted by atomic mass is 10.2. The molecule has 2 N–H and O–H groups in total. The third-order valence-corrected chi connectivity index (χ3v) is 15.9. The van der Waals surface area contributed by atoms with Crippen LogP contribution in [-0.4, -0.2) is 48.5 Å². The Morgan fingerprint density at radius 1 is 0.540 bits per heavy atom. The van der Waals surface area contributed by atoms with Crippen molar-refractivity contribution in [3.63, 3.8) is 0 Å². The van der Waals surface area contributed by atoms with Gasteiger partial charge < -0.3 is 23.9 Å². The molecule has 2 amide bonds. The van der Waals surface area contributed by atoms with Crippen molar-refractivity contribution < 1.29 is 22.9 Å². The quantitative estimate of drug-likeness (QED) is 0.0773. The van der Waals surface area contributed by atoms with Crippen LogP contribution in [0.15, 0.2) is 140 Å². The van der Waals surface area contributed by atoms with Gasteiger partial charge in [-0.25, -0.2) is 0 Å². The first kappa shape index (κ1) is 37.3. The Balaban J connectivity index is 1.43. The highest BCUT2D eigenvalue weighted by atomic mass is 31.1. The van der Waals surface area contributed by atoms with Gasteiger partial charge in [-0.15, -0.1) is 0 Å². The van der Waals surface area contributed by atoms with E-state index in [1.165, 1.54) is 21.2 Å². The van der Waals surface area contributed by atoms with E-state index in [-0.39, 0.29) is 24.7 Å². The lowest BCUT2D eigenvalue weighted by molar-refractivity contribution is -0.124. The molecule has 0 aliphatic rings. The summed E-state index contributed by atoms with van der Waals surface area (Å²) in [6.07, 6.45) is 0.796. The Labute approximate surface area is 299 Å². The molecule has 0 unspecified atom stereocenters. The fraction of sp³-hybridized carbons (Fsp3) is 0.200. The second kappa shape index (κ2) is 18.8. The maximum absolute atomic E-state index is 13.4. The number of nitrogens with one attached hydrogen (secondary N) is 2. The third-order valence-electron chi connectivity index (χ3n) is 8.25. The van der Waals surface area contributed by atoms with Gasteiger partial charge in [0.25, 0.3) is 0 Å². The Bertz CT molecular complexity index is 1610. The molecule has 10 heteroatoms. The zero-order valence-corrected chi connectivity index (χ0v) is 31.5. The topological polar surface area (TPSA) is 85.9 Å². The Hall–Kier alpha value is -4.00. The third kappa shape index (κ3) is 10.0. The molecule has 0 spiro atoms. The van der Waals surface area contributed by atoms with Crippen LogP contribution in [0.25, 0.3) is 0 Å². The van der Waals surface area contributed by atoms with E-state index < -0.39 is 24.6 Å². The largest absolute Gasteiger partial charge is 0.500 e. The Morgan fingerprint density at radius 2 is 0.920 bits per heavy atom. The lowest BCUT2D eigenvalue weighted by Gasteiger charge is -2.25. The molecule has 0 aliphatic heterocycles. The first-order valence-electron chi connectivity index (χ1n) is 16.6. The number of carbonyl (C=O) groups is 2. The van der Waals surface area contributed by atoms with Gasteiger partial charge in [-0.05, 0) is 72.3 Å². The number of anilines is 1. The maximum atomic E-state index is 13.4. The molecule has 0 aliphatic carbocycles. The highest BCUT2D eigenvalue weighted by molar-refractivity contribution is 7.81. The highest BCUT2D eigenvalue weighted by Gasteiger charge is 2.36. The molecular weight excluding hydrogens is 678 g/mol. The van der Waals surface area contributed by atoms with Crippen molar-refractivity contribution in [2.24, 2.45) is 0 Å². The molecule has 0 fully saturated rings. The number of hydrogen-bond acceptors (Lipinski definition) is 5. The molecule has 5 aromatic carbocycles. The number of rotatable bonds is 17. The first-order chi connectivity index (χ1) is 24.4. The van der Waals surface area contributed by atoms with Gasteiger partial charge >= 0.3 is 8.80 Å². The van der Waals surface area contributed by atoms with Crippen LogP contribution >= 0.6 is 15.8 Å². The van der Waals surface area contributed by atoms with Gasteiger partial charge in [0.15, 0.2) is 0 Å². The van der Waals surface area contributed by atoms with Crippen LogP contribution in [-0.2, 0) is 22.9 Å². The molecule has 0 saturated carbocycles. The molecule has 0 bridgehead atoms. The van der Waals surface area contributed by atoms with Crippen LogP contribution in [0.4, 0.5) is 5.69 Å². The van der Waals surface area contributed by atoms with Gasteiger partial charge in [0.05, 0.1) is 0 Å². The van der Waals surface area contributed by atoms with Gasteiger partial charge in [-0.3, -0.25) is 9.59 Å². The Kier molecular flexibility index (Phi) is 14.0. The van der Waals surface area contributed by atoms with E-state index in [1.807, 2.05) is 24.3 Å². The van der Waals surface area contributed by atoms with E-state index in [2.05, 4.69) is 126 Å². The van der Waals surface area contributed by atoms with Crippen LogP contribution in [0, 0.1) is 0 Å². The number of benzene rings is 5. The molecule has 0 aromatic heterocycles. The molecule has 0 heterocycles. The number of amides is 2. The van der Waals surface area contributed by atoms with E-state index in [9.17, 15) is 9.59 Å². The second-order valence-corrected chi connectivity index (χ2v) is 19.1. The zero-order chi connectivity index (χ0) is 35.2. The van der Waals surface area contributed by atoms with E-state index >= 15 is 0 Å². The molecule has 7 nitrogen and oxygen atoms in total. The summed E-state index contributed by atoms with van der Waals surface area (Å²) in [5.74, 6) is -0.386. The van der Waals surface area contributed by atoms with E-state index in [1.54, 1.807) is 21.3 Å². The van der Waals surface area contributed by atoms with Crippen LogP contribution in [0.5, 0.6) is 0 Å². The molecule has 50 heavy (non-hydrogen) atoms. The van der Waals surface area contributed by atoms with Crippen LogP contribution in [0.3, 0.4) is 0 Å². The predicted octanol–water partition coefficient (Wildman–Crippen LogP) is 5.31. The summed E-state index contributed by atoms with van der Waals surface area (Å²) in [4.78, 5) is 26.1. The minimum atomic E-state index is -2.69. The molecule has 5 rings (SSSR count). The normalized spacial score (nSPS) is 11.5. The summed E-state index contributed by atoms with van der Waals surface area (Å²) >= 11 is 0. The summed E-state index contributed by atoms with van der Waals surface area (Å²) in [5.41, 5.74) is 0.724. The van der Waals surface area contributed by atoms with Crippen molar-refractivity contribution in [1.82, 2.24) is 5.32 Å². The zero-order valence-electron chi connectivity index (χ0n) is 28.8. The van der Waals surface area contributed by atoms with Crippen molar-refractivity contribution in [3.8, 4) is 0 Å². The minimum Gasteiger partial charge on any atom is -0.377 e. The predicted molar refractivity (Wildman–Crippen MR) is 211 cm³/mol. The van der Waals surface area contributed by atoms with Gasteiger partial charge in [-0.1, -0.05) is 121 Å². The van der Waals surface area contributed by atoms with E-state index in [0.717, 1.165) is 16.3 Å². The average molecular weight is 723 g/mol. The summed E-state index contributed by atoms with van der Waals surface area (Å²) in [6.45, 7) is 0.446. The summed E-state index contributed by atoms with van der Waals surface area (Å²) < 4.78 is 16.4. The summed E-state index contributed by atoms with van der Waals surface area (Å²) in [6, 6.07) is 49.4. The van der Waals surface area contributed by atoms with Crippen LogP contribution < -0.4 is 42.5 Å². The smallest absolute Gasteiger partial charge is 0.377 e. The van der Waals surface area contributed by atoms with Crippen molar-refractivity contribution in [3.05, 3.63) is 140 Å². The molecule has 0 radical (unpaired) electrons. The average Bonchev–Trinajstić information content (AvgIpc) is 3.16. The van der Waals surface area contributed by atoms with E-state index in [0.29, 0.717) is 19.0 Å². The minimum absolute atomic E-state index is 0.0660. The van der Waals surface area contributed by atoms with Crippen molar-refractivity contribution in [1.29, 1.82) is 0 Å². The molecule has 5 aromatic rings. The Morgan fingerprint density at radius 3 is 1.30 bits per heavy atom. The second-order valence-electron chi connectivity index (χ2n) is 11.5. The summed E-state index contributed by atoms with van der Waals surface area (Å²) in [5, 5.41) is 13.3. The van der Waals surface area contributed by atoms with Crippen molar-refractivity contribution >= 4 is 74.0 Å². The highest BCUT2D eigenvalue weighted by Crippen LogP contribution is 2.37. The molecular formula is C40H44N2O5P2Si. The fourth-order valence-corrected chi connectivity index (χ4v) is 12.3. The summed E-state index contributed by atoms with van der Waals surface area (Å²) in [7, 11) is 0.157. The lowest BCUT2D eigenvalue weighted by Crippen LogP contribution is -2.43. The van der Waals surface area contributed by atoms with Crippen molar-refractivity contribution in [2.75, 3.05) is 33.2 Å². The van der Waals surface area contributed by atoms with E-state index in [4.69, 9.17) is 13.3 Å². The van der Waals surface area contributed by atoms with Gasteiger partial charge in [0, 0.05) is 52.4 Å². The fourth-order valence-electron chi connectivity index (χ4n) is 5.76. The first-order valence-corrected chi connectivity index (χ1v) is 21.2. The van der Waals surface area contributed by atoms with Gasteiger partial charge in [0.1, 0.15) is 0 Å². The standard InChI is InChI=1S/C40H44N2O5P2Si/c1-45-50(46-2,47-3)28-16-27-41-39(43)25-26-40(44)42-32-29-37(48(33-17-8-4-9-18-33)34-19-10-5-11-20-34)31-38(30-32)49(35-21-12-6-13-22-35)36-23-14-7-15-24-36/h4-15,17-24,29-31H,16,25-28H2,1-3H3,(H,41,43)(H,42,44). The number of carbonyl (C=O) groups excluding carboxylic acids is 2. The monoisotopic (exact) mass is 722 g/mol.